The zero-order valence-electron chi connectivity index (χ0n) is 5.10. The van der Waals surface area contributed by atoms with Crippen LogP contribution in [0.1, 0.15) is 9.83 Å². The third-order valence-electron chi connectivity index (χ3n) is 0.956. The van der Waals surface area contributed by atoms with Crippen molar-refractivity contribution < 1.29 is 13.2 Å². The Bertz CT molecular complexity index is 220. The number of hydrogen-bond donors (Lipinski definition) is 0. The van der Waals surface area contributed by atoms with Crippen LogP contribution in [0.25, 0.3) is 0 Å². The molecule has 0 aliphatic carbocycles. The minimum absolute atomic E-state index is 0.0394. The molecule has 1 aromatic heterocycles. The third-order valence-corrected chi connectivity index (χ3v) is 3.05. The van der Waals surface area contributed by atoms with Crippen LogP contribution in [-0.4, -0.2) is 11.2 Å². The molecule has 1 aromatic rings. The second-order valence-corrected chi connectivity index (χ2v) is 3.62. The second kappa shape index (κ2) is 3.10. The Kier molecular flexibility index (Phi) is 2.54. The fraction of sp³-hybridized carbons (Fsp3) is 0.400. The van der Waals surface area contributed by atoms with Gasteiger partial charge in [0.2, 0.25) is 0 Å². The van der Waals surface area contributed by atoms with Crippen LogP contribution in [0.3, 0.4) is 0 Å². The molecule has 0 saturated heterocycles. The summed E-state index contributed by atoms with van der Waals surface area (Å²) in [5, 5.41) is 1.55. The Morgan fingerprint density at radius 1 is 1.55 bits per heavy atom. The van der Waals surface area contributed by atoms with Crippen LogP contribution in [0.4, 0.5) is 13.2 Å². The van der Waals surface area contributed by atoms with Crippen LogP contribution in [-0.2, 0) is 0 Å². The quantitative estimate of drug-likeness (QED) is 0.693. The number of nitrogens with zero attached hydrogens (tertiary/aromatic N) is 1. The number of aromatic nitrogens is 1. The van der Waals surface area contributed by atoms with Crippen molar-refractivity contribution in [1.82, 2.24) is 4.98 Å². The average molecular weight is 246 g/mol. The van der Waals surface area contributed by atoms with Crippen LogP contribution >= 0.6 is 27.3 Å². The molecule has 1 rings (SSSR count). The van der Waals surface area contributed by atoms with Crippen LogP contribution in [0.5, 0.6) is 0 Å². The van der Waals surface area contributed by atoms with E-state index >= 15 is 0 Å². The number of rotatable bonds is 1. The Labute approximate surface area is 73.4 Å². The Morgan fingerprint density at radius 3 is 2.55 bits per heavy atom. The predicted molar refractivity (Wildman–Crippen MR) is 39.8 cm³/mol. The predicted octanol–water partition coefficient (Wildman–Crippen LogP) is 3.14. The van der Waals surface area contributed by atoms with Gasteiger partial charge in [-0.15, -0.1) is 11.3 Å². The summed E-state index contributed by atoms with van der Waals surface area (Å²) in [6, 6.07) is 0. The molecule has 0 spiro atoms. The summed E-state index contributed by atoms with van der Waals surface area (Å²) in [6.45, 7) is 0. The molecule has 0 aliphatic rings. The number of thiazole rings is 1. The zero-order chi connectivity index (χ0) is 8.48. The summed E-state index contributed by atoms with van der Waals surface area (Å²) >= 11 is 3.49. The highest BCUT2D eigenvalue weighted by atomic mass is 79.9. The molecule has 6 heteroatoms. The normalized spacial score (nSPS) is 14.9. The van der Waals surface area contributed by atoms with E-state index in [1.165, 1.54) is 11.6 Å². The van der Waals surface area contributed by atoms with Gasteiger partial charge in [-0.05, 0) is 0 Å². The molecule has 0 N–H and O–H groups in total. The highest BCUT2D eigenvalue weighted by molar-refractivity contribution is 9.09. The monoisotopic (exact) mass is 245 g/mol. The lowest BCUT2D eigenvalue weighted by atomic mass is 10.4. The van der Waals surface area contributed by atoms with Crippen molar-refractivity contribution >= 4 is 27.3 Å². The lowest BCUT2D eigenvalue weighted by Gasteiger charge is -2.09. The maximum Gasteiger partial charge on any atom is 0.407 e. The van der Waals surface area contributed by atoms with Gasteiger partial charge >= 0.3 is 6.18 Å². The summed E-state index contributed by atoms with van der Waals surface area (Å²) in [6.07, 6.45) is -2.90. The third kappa shape index (κ3) is 2.16. The SMILES string of the molecule is FC(F)(F)C(Br)c1nccs1. The van der Waals surface area contributed by atoms with E-state index in [9.17, 15) is 13.2 Å². The topological polar surface area (TPSA) is 12.9 Å². The summed E-state index contributed by atoms with van der Waals surface area (Å²) in [4.78, 5) is 1.90. The first kappa shape index (κ1) is 8.99. The molecule has 11 heavy (non-hydrogen) atoms. The Morgan fingerprint density at radius 2 is 2.18 bits per heavy atom. The van der Waals surface area contributed by atoms with Gasteiger partial charge in [0.25, 0.3) is 0 Å². The molecule has 0 amide bonds. The highest BCUT2D eigenvalue weighted by Crippen LogP contribution is 2.40. The van der Waals surface area contributed by atoms with Crippen molar-refractivity contribution in [2.24, 2.45) is 0 Å². The second-order valence-electron chi connectivity index (χ2n) is 1.77. The summed E-state index contributed by atoms with van der Waals surface area (Å²) in [7, 11) is 0. The number of alkyl halides is 4. The number of hydrogen-bond acceptors (Lipinski definition) is 2. The Hall–Kier alpha value is -0.100. The lowest BCUT2D eigenvalue weighted by molar-refractivity contribution is -0.128. The van der Waals surface area contributed by atoms with Gasteiger partial charge in [0.05, 0.1) is 0 Å². The van der Waals surface area contributed by atoms with Gasteiger partial charge in [-0.1, -0.05) is 15.9 Å². The molecule has 0 saturated carbocycles. The average Bonchev–Trinajstić information content (AvgIpc) is 2.34. The van der Waals surface area contributed by atoms with Gasteiger partial charge in [-0.25, -0.2) is 4.98 Å². The van der Waals surface area contributed by atoms with Gasteiger partial charge in [-0.2, -0.15) is 13.2 Å². The summed E-state index contributed by atoms with van der Waals surface area (Å²) in [5.74, 6) is 0. The van der Waals surface area contributed by atoms with Crippen LogP contribution < -0.4 is 0 Å². The van der Waals surface area contributed by atoms with Crippen LogP contribution in [0.2, 0.25) is 0 Å². The van der Waals surface area contributed by atoms with Crippen molar-refractivity contribution in [3.8, 4) is 0 Å². The lowest BCUT2D eigenvalue weighted by Crippen LogP contribution is -2.14. The largest absolute Gasteiger partial charge is 0.407 e. The first-order valence-electron chi connectivity index (χ1n) is 2.62. The maximum absolute atomic E-state index is 11.9. The molecule has 0 radical (unpaired) electrons. The minimum Gasteiger partial charge on any atom is -0.248 e. The zero-order valence-corrected chi connectivity index (χ0v) is 7.50. The van der Waals surface area contributed by atoms with Crippen molar-refractivity contribution in [3.63, 3.8) is 0 Å². The fourth-order valence-corrected chi connectivity index (χ4v) is 1.58. The molecule has 0 aromatic carbocycles. The van der Waals surface area contributed by atoms with Crippen molar-refractivity contribution in [3.05, 3.63) is 16.6 Å². The van der Waals surface area contributed by atoms with Crippen LogP contribution in [0, 0.1) is 0 Å². The standard InChI is InChI=1S/C5H3BrF3NS/c6-3(5(7,8)9)4-10-1-2-11-4/h1-3H. The molecule has 1 atom stereocenters. The maximum atomic E-state index is 11.9. The van der Waals surface area contributed by atoms with Crippen molar-refractivity contribution in [2.75, 3.05) is 0 Å². The van der Waals surface area contributed by atoms with E-state index in [1.807, 2.05) is 0 Å². The van der Waals surface area contributed by atoms with Gasteiger partial charge < -0.3 is 0 Å². The van der Waals surface area contributed by atoms with E-state index in [0.717, 1.165) is 11.3 Å². The van der Waals surface area contributed by atoms with Crippen LogP contribution in [0.15, 0.2) is 11.6 Å². The summed E-state index contributed by atoms with van der Waals surface area (Å²) in [5.41, 5.74) is 0. The van der Waals surface area contributed by atoms with E-state index in [1.54, 1.807) is 0 Å². The molecular weight excluding hydrogens is 243 g/mol. The van der Waals surface area contributed by atoms with E-state index in [4.69, 9.17) is 0 Å². The minimum atomic E-state index is -4.25. The van der Waals surface area contributed by atoms with E-state index < -0.39 is 11.0 Å². The molecule has 0 aliphatic heterocycles. The molecule has 62 valence electrons. The molecule has 1 unspecified atom stereocenters. The molecule has 0 bridgehead atoms. The van der Waals surface area contributed by atoms with Crippen molar-refractivity contribution in [2.45, 2.75) is 11.0 Å². The van der Waals surface area contributed by atoms with Crippen molar-refractivity contribution in [1.29, 1.82) is 0 Å². The molecule has 1 heterocycles. The molecule has 1 nitrogen and oxygen atoms in total. The number of halogens is 4. The van der Waals surface area contributed by atoms with E-state index in [-0.39, 0.29) is 5.01 Å². The van der Waals surface area contributed by atoms with Gasteiger partial charge in [0.1, 0.15) is 5.01 Å². The first-order chi connectivity index (χ1) is 5.02. The van der Waals surface area contributed by atoms with Gasteiger partial charge in [-0.3, -0.25) is 0 Å². The fourth-order valence-electron chi connectivity index (χ4n) is 0.500. The van der Waals surface area contributed by atoms with E-state index in [0.29, 0.717) is 0 Å². The highest BCUT2D eigenvalue weighted by Gasteiger charge is 2.40. The smallest absolute Gasteiger partial charge is 0.248 e. The molecule has 0 fully saturated rings. The van der Waals surface area contributed by atoms with Gasteiger partial charge in [0.15, 0.2) is 4.83 Å². The molecular formula is C5H3BrF3NS. The summed E-state index contributed by atoms with van der Waals surface area (Å²) < 4.78 is 35.8. The Balaban J connectivity index is 2.78. The first-order valence-corrected chi connectivity index (χ1v) is 4.41. The van der Waals surface area contributed by atoms with Gasteiger partial charge in [0, 0.05) is 11.6 Å². The van der Waals surface area contributed by atoms with E-state index in [2.05, 4.69) is 20.9 Å².